The smallest absolute Gasteiger partial charge is 0.261 e. The molecule has 0 saturated carbocycles. The molecule has 1 atom stereocenters. The molecule has 0 heterocycles. The van der Waals surface area contributed by atoms with Crippen molar-refractivity contribution in [3.8, 4) is 5.75 Å². The Morgan fingerprint density at radius 1 is 0.946 bits per heavy atom. The second-order valence-corrected chi connectivity index (χ2v) is 10.4. The highest BCUT2D eigenvalue weighted by atomic mass is 35.5. The lowest BCUT2D eigenvalue weighted by Gasteiger charge is -2.32. The fraction of sp³-hybridized carbons (Fsp3) is 0.333. The molecule has 0 aliphatic heterocycles. The molecule has 3 rings (SSSR count). The third-order valence-electron chi connectivity index (χ3n) is 6.21. The van der Waals surface area contributed by atoms with E-state index in [1.165, 1.54) is 4.90 Å². The molecule has 37 heavy (non-hydrogen) atoms. The zero-order chi connectivity index (χ0) is 27.1. The SMILES string of the molecule is Cc1cc(C)c(C)c(OCC(=O)N(Cc2c(Cl)cccc2Cl)[C@@H](Cc2ccccc2)C(=O)NC(C)C)c1. The van der Waals surface area contributed by atoms with Crippen LogP contribution < -0.4 is 10.1 Å². The number of nitrogens with zero attached hydrogens (tertiary/aromatic N) is 1. The van der Waals surface area contributed by atoms with E-state index < -0.39 is 6.04 Å². The molecule has 0 aromatic heterocycles. The van der Waals surface area contributed by atoms with E-state index >= 15 is 0 Å². The number of carbonyl (C=O) groups is 2. The summed E-state index contributed by atoms with van der Waals surface area (Å²) in [6, 6.07) is 17.9. The van der Waals surface area contributed by atoms with Crippen LogP contribution in [-0.4, -0.2) is 35.4 Å². The van der Waals surface area contributed by atoms with Crippen molar-refractivity contribution in [2.24, 2.45) is 0 Å². The fourth-order valence-electron chi connectivity index (χ4n) is 4.16. The fourth-order valence-corrected chi connectivity index (χ4v) is 4.68. The molecule has 7 heteroatoms. The van der Waals surface area contributed by atoms with Crippen LogP contribution in [0.3, 0.4) is 0 Å². The van der Waals surface area contributed by atoms with E-state index in [0.717, 1.165) is 22.3 Å². The van der Waals surface area contributed by atoms with Crippen LogP contribution >= 0.6 is 23.2 Å². The van der Waals surface area contributed by atoms with Gasteiger partial charge in [-0.2, -0.15) is 0 Å². The van der Waals surface area contributed by atoms with Gasteiger partial charge in [-0.25, -0.2) is 0 Å². The molecule has 0 saturated heterocycles. The molecule has 3 aromatic carbocycles. The molecule has 3 aromatic rings. The van der Waals surface area contributed by atoms with Gasteiger partial charge in [-0.15, -0.1) is 0 Å². The van der Waals surface area contributed by atoms with Gasteiger partial charge in [0.1, 0.15) is 11.8 Å². The minimum absolute atomic E-state index is 0.0650. The second kappa shape index (κ2) is 13.0. The maximum absolute atomic E-state index is 13.8. The van der Waals surface area contributed by atoms with Gasteiger partial charge >= 0.3 is 0 Å². The number of nitrogens with one attached hydrogen (secondary N) is 1. The number of carbonyl (C=O) groups excluding carboxylic acids is 2. The maximum atomic E-state index is 13.8. The van der Waals surface area contributed by atoms with Crippen LogP contribution in [0, 0.1) is 20.8 Å². The molecule has 1 N–H and O–H groups in total. The highest BCUT2D eigenvalue weighted by Crippen LogP contribution is 2.28. The summed E-state index contributed by atoms with van der Waals surface area (Å²) in [6.07, 6.45) is 0.329. The van der Waals surface area contributed by atoms with Crippen LogP contribution in [0.5, 0.6) is 5.75 Å². The number of hydrogen-bond donors (Lipinski definition) is 1. The minimum Gasteiger partial charge on any atom is -0.483 e. The van der Waals surface area contributed by atoms with Crippen LogP contribution in [0.15, 0.2) is 60.7 Å². The lowest BCUT2D eigenvalue weighted by Crippen LogP contribution is -2.53. The number of aryl methyl sites for hydroxylation is 2. The van der Waals surface area contributed by atoms with E-state index in [1.54, 1.807) is 18.2 Å². The molecular formula is C30H34Cl2N2O3. The Balaban J connectivity index is 1.99. The van der Waals surface area contributed by atoms with Gasteiger partial charge in [0.15, 0.2) is 6.61 Å². The van der Waals surface area contributed by atoms with Crippen LogP contribution in [0.25, 0.3) is 0 Å². The average molecular weight is 542 g/mol. The molecule has 0 unspecified atom stereocenters. The van der Waals surface area contributed by atoms with Gasteiger partial charge in [0.25, 0.3) is 5.91 Å². The Labute approximate surface area is 229 Å². The van der Waals surface area contributed by atoms with Gasteiger partial charge in [0, 0.05) is 34.6 Å². The molecule has 5 nitrogen and oxygen atoms in total. The molecule has 0 radical (unpaired) electrons. The monoisotopic (exact) mass is 540 g/mol. The van der Waals surface area contributed by atoms with Gasteiger partial charge in [0.2, 0.25) is 5.91 Å². The third-order valence-corrected chi connectivity index (χ3v) is 6.92. The van der Waals surface area contributed by atoms with Gasteiger partial charge in [-0.3, -0.25) is 9.59 Å². The van der Waals surface area contributed by atoms with Crippen LogP contribution in [0.4, 0.5) is 0 Å². The Hall–Kier alpha value is -3.02. The largest absolute Gasteiger partial charge is 0.483 e. The first kappa shape index (κ1) is 28.5. The normalized spacial score (nSPS) is 11.8. The molecule has 196 valence electrons. The Morgan fingerprint density at radius 3 is 2.22 bits per heavy atom. The zero-order valence-corrected chi connectivity index (χ0v) is 23.5. The highest BCUT2D eigenvalue weighted by Gasteiger charge is 2.32. The number of amides is 2. The summed E-state index contributed by atoms with van der Waals surface area (Å²) >= 11 is 13.0. The first-order chi connectivity index (χ1) is 17.6. The van der Waals surface area contributed by atoms with Crippen molar-refractivity contribution < 1.29 is 14.3 Å². The summed E-state index contributed by atoms with van der Waals surface area (Å²) in [5, 5.41) is 3.83. The Morgan fingerprint density at radius 2 is 1.59 bits per heavy atom. The molecule has 0 spiro atoms. The molecule has 0 bridgehead atoms. The van der Waals surface area contributed by atoms with Crippen molar-refractivity contribution in [2.75, 3.05) is 6.61 Å². The van der Waals surface area contributed by atoms with Crippen molar-refractivity contribution in [3.05, 3.63) is 98.5 Å². The first-order valence-electron chi connectivity index (χ1n) is 12.3. The lowest BCUT2D eigenvalue weighted by atomic mass is 10.0. The molecule has 2 amide bonds. The van der Waals surface area contributed by atoms with Gasteiger partial charge < -0.3 is 15.0 Å². The average Bonchev–Trinajstić information content (AvgIpc) is 2.84. The first-order valence-corrected chi connectivity index (χ1v) is 13.1. The van der Waals surface area contributed by atoms with E-state index in [4.69, 9.17) is 27.9 Å². The van der Waals surface area contributed by atoms with Gasteiger partial charge in [-0.05, 0) is 75.1 Å². The topological polar surface area (TPSA) is 58.6 Å². The Kier molecular flexibility index (Phi) is 10.0. The second-order valence-electron chi connectivity index (χ2n) is 9.58. The van der Waals surface area contributed by atoms with Gasteiger partial charge in [-0.1, -0.05) is 65.7 Å². The van der Waals surface area contributed by atoms with Crippen LogP contribution in [-0.2, 0) is 22.6 Å². The van der Waals surface area contributed by atoms with Crippen molar-refractivity contribution in [2.45, 2.75) is 59.7 Å². The lowest BCUT2D eigenvalue weighted by molar-refractivity contribution is -0.143. The summed E-state index contributed by atoms with van der Waals surface area (Å²) < 4.78 is 6.01. The quantitative estimate of drug-likeness (QED) is 0.321. The van der Waals surface area contributed by atoms with Crippen molar-refractivity contribution >= 4 is 35.0 Å². The van der Waals surface area contributed by atoms with Crippen molar-refractivity contribution in [3.63, 3.8) is 0 Å². The summed E-state index contributed by atoms with van der Waals surface area (Å²) in [5.74, 6) is 0.0557. The van der Waals surface area contributed by atoms with Crippen LogP contribution in [0.2, 0.25) is 10.0 Å². The highest BCUT2D eigenvalue weighted by molar-refractivity contribution is 6.36. The summed E-state index contributed by atoms with van der Waals surface area (Å²) in [6.45, 7) is 9.57. The maximum Gasteiger partial charge on any atom is 0.261 e. The number of halogens is 2. The van der Waals surface area contributed by atoms with E-state index in [0.29, 0.717) is 27.8 Å². The number of ether oxygens (including phenoxy) is 1. The predicted molar refractivity (Wildman–Crippen MR) is 150 cm³/mol. The number of hydrogen-bond acceptors (Lipinski definition) is 3. The number of benzene rings is 3. The minimum atomic E-state index is -0.798. The zero-order valence-electron chi connectivity index (χ0n) is 22.0. The third kappa shape index (κ3) is 7.73. The summed E-state index contributed by atoms with van der Waals surface area (Å²) in [7, 11) is 0. The number of rotatable bonds is 10. The summed E-state index contributed by atoms with van der Waals surface area (Å²) in [4.78, 5) is 28.8. The molecule has 0 aliphatic rings. The molecule has 0 fully saturated rings. The summed E-state index contributed by atoms with van der Waals surface area (Å²) in [5.41, 5.74) is 4.61. The van der Waals surface area contributed by atoms with E-state index in [2.05, 4.69) is 11.4 Å². The molecule has 0 aliphatic carbocycles. The van der Waals surface area contributed by atoms with Crippen LogP contribution in [0.1, 0.15) is 41.7 Å². The van der Waals surface area contributed by atoms with E-state index in [1.807, 2.05) is 71.0 Å². The van der Waals surface area contributed by atoms with E-state index in [9.17, 15) is 9.59 Å². The standard InChI is InChI=1S/C30H34Cl2N2O3/c1-19(2)33-30(36)27(16-23-10-7-6-8-11-23)34(17-24-25(31)12-9-13-26(24)32)29(35)18-37-28-15-20(3)14-21(4)22(28)5/h6-15,19,27H,16-18H2,1-5H3,(H,33,36)/t27-/m0/s1. The predicted octanol–water partition coefficient (Wildman–Crippen LogP) is 6.46. The van der Waals surface area contributed by atoms with E-state index in [-0.39, 0.29) is 31.0 Å². The molecular weight excluding hydrogens is 507 g/mol. The van der Waals surface area contributed by atoms with Gasteiger partial charge in [0.05, 0.1) is 0 Å². The van der Waals surface area contributed by atoms with Crippen molar-refractivity contribution in [1.29, 1.82) is 0 Å². The van der Waals surface area contributed by atoms with Crippen molar-refractivity contribution in [1.82, 2.24) is 10.2 Å². The Bertz CT molecular complexity index is 1220.